The largest absolute Gasteiger partial charge is 0.493 e. The molecule has 0 fully saturated rings. The van der Waals surface area contributed by atoms with Gasteiger partial charge < -0.3 is 29.8 Å². The standard InChI is InChI=1S/C21H28F2N4O4.HI/c1-3-11-29-16-8-7-15(18(13-16)31-20(22)23)14-27-21(24-4-2)26-10-9-25-19(28)17-6-5-12-30-17;/h5-8,12-13,20H,3-4,9-11,14H2,1-2H3,(H,25,28)(H2,24,26,27);1H. The number of nitrogens with one attached hydrogen (secondary N) is 3. The quantitative estimate of drug-likeness (QED) is 0.157. The number of guanidine groups is 1. The zero-order valence-corrected chi connectivity index (χ0v) is 20.4. The molecule has 1 aromatic carbocycles. The molecule has 0 atom stereocenters. The molecule has 0 bridgehead atoms. The summed E-state index contributed by atoms with van der Waals surface area (Å²) in [6, 6.07) is 8.00. The number of amides is 1. The zero-order valence-electron chi connectivity index (χ0n) is 18.0. The van der Waals surface area contributed by atoms with E-state index in [1.807, 2.05) is 13.8 Å². The summed E-state index contributed by atoms with van der Waals surface area (Å²) in [6.45, 7) is 2.86. The molecule has 1 aromatic heterocycles. The first kappa shape index (κ1) is 27.5. The number of carbonyl (C=O) groups excluding carboxylic acids is 1. The van der Waals surface area contributed by atoms with Gasteiger partial charge in [0.15, 0.2) is 11.7 Å². The number of rotatable bonds is 12. The van der Waals surface area contributed by atoms with E-state index in [1.54, 1.807) is 24.3 Å². The Bertz CT molecular complexity index is 835. The molecule has 0 spiro atoms. The summed E-state index contributed by atoms with van der Waals surface area (Å²) in [6.07, 6.45) is 2.23. The minimum Gasteiger partial charge on any atom is -0.493 e. The Morgan fingerprint density at radius 3 is 2.59 bits per heavy atom. The molecule has 3 N–H and O–H groups in total. The number of hydrogen-bond donors (Lipinski definition) is 3. The predicted molar refractivity (Wildman–Crippen MR) is 128 cm³/mol. The van der Waals surface area contributed by atoms with E-state index >= 15 is 0 Å². The van der Waals surface area contributed by atoms with Crippen molar-refractivity contribution in [1.82, 2.24) is 16.0 Å². The van der Waals surface area contributed by atoms with E-state index in [1.165, 1.54) is 12.3 Å². The Kier molecular flexibility index (Phi) is 13.1. The van der Waals surface area contributed by atoms with Crippen LogP contribution in [0.1, 0.15) is 36.4 Å². The number of nitrogens with zero attached hydrogens (tertiary/aromatic N) is 1. The minimum atomic E-state index is -2.95. The Balaban J connectivity index is 0.00000512. The van der Waals surface area contributed by atoms with Crippen LogP contribution in [-0.2, 0) is 6.54 Å². The summed E-state index contributed by atoms with van der Waals surface area (Å²) in [5.74, 6) is 0.881. The van der Waals surface area contributed by atoms with Crippen molar-refractivity contribution in [3.63, 3.8) is 0 Å². The first-order valence-electron chi connectivity index (χ1n) is 10.1. The van der Waals surface area contributed by atoms with Crippen LogP contribution in [0.25, 0.3) is 0 Å². The maximum atomic E-state index is 12.8. The number of alkyl halides is 2. The number of ether oxygens (including phenoxy) is 2. The van der Waals surface area contributed by atoms with Gasteiger partial charge in [-0.1, -0.05) is 6.92 Å². The van der Waals surface area contributed by atoms with E-state index in [0.29, 0.717) is 43.5 Å². The summed E-state index contributed by atoms with van der Waals surface area (Å²) in [4.78, 5) is 16.2. The van der Waals surface area contributed by atoms with E-state index in [2.05, 4.69) is 25.7 Å². The maximum Gasteiger partial charge on any atom is 0.387 e. The van der Waals surface area contributed by atoms with Crippen LogP contribution in [0, 0.1) is 0 Å². The van der Waals surface area contributed by atoms with Gasteiger partial charge in [0.2, 0.25) is 0 Å². The SMILES string of the molecule is CCCOc1ccc(CN=C(NCC)NCCNC(=O)c2ccco2)c(OC(F)F)c1.I. The van der Waals surface area contributed by atoms with Gasteiger partial charge in [-0.05, 0) is 37.6 Å². The summed E-state index contributed by atoms with van der Waals surface area (Å²) < 4.78 is 40.8. The topological polar surface area (TPSA) is 97.1 Å². The fourth-order valence-corrected chi connectivity index (χ4v) is 2.54. The van der Waals surface area contributed by atoms with Crippen molar-refractivity contribution in [3.8, 4) is 11.5 Å². The van der Waals surface area contributed by atoms with Crippen molar-refractivity contribution in [3.05, 3.63) is 47.9 Å². The molecule has 0 aliphatic rings. The number of aliphatic imine (C=N–C) groups is 1. The van der Waals surface area contributed by atoms with Gasteiger partial charge in [0.05, 0.1) is 19.4 Å². The third kappa shape index (κ3) is 9.71. The van der Waals surface area contributed by atoms with Crippen LogP contribution >= 0.6 is 24.0 Å². The van der Waals surface area contributed by atoms with Crippen LogP contribution in [0.4, 0.5) is 8.78 Å². The maximum absolute atomic E-state index is 12.8. The first-order chi connectivity index (χ1) is 15.0. The average Bonchev–Trinajstić information content (AvgIpc) is 3.29. The fraction of sp³-hybridized carbons (Fsp3) is 0.429. The Labute approximate surface area is 203 Å². The molecule has 2 aromatic rings. The van der Waals surface area contributed by atoms with E-state index in [-0.39, 0.29) is 47.9 Å². The molecule has 0 radical (unpaired) electrons. The molecule has 11 heteroatoms. The first-order valence-corrected chi connectivity index (χ1v) is 10.1. The fourth-order valence-electron chi connectivity index (χ4n) is 2.54. The lowest BCUT2D eigenvalue weighted by Gasteiger charge is -2.14. The van der Waals surface area contributed by atoms with E-state index in [4.69, 9.17) is 9.15 Å². The molecule has 8 nitrogen and oxygen atoms in total. The summed E-state index contributed by atoms with van der Waals surface area (Å²) in [5, 5.41) is 8.85. The molecule has 0 aliphatic carbocycles. The van der Waals surface area contributed by atoms with Gasteiger partial charge in [-0.25, -0.2) is 4.99 Å². The molecule has 32 heavy (non-hydrogen) atoms. The molecule has 1 heterocycles. The second-order valence-electron chi connectivity index (χ2n) is 6.35. The highest BCUT2D eigenvalue weighted by molar-refractivity contribution is 14.0. The Morgan fingerprint density at radius 1 is 1.16 bits per heavy atom. The van der Waals surface area contributed by atoms with E-state index in [0.717, 1.165) is 6.42 Å². The van der Waals surface area contributed by atoms with Gasteiger partial charge in [-0.3, -0.25) is 4.79 Å². The molecule has 0 unspecified atom stereocenters. The second kappa shape index (κ2) is 15.3. The van der Waals surface area contributed by atoms with Crippen molar-refractivity contribution in [2.24, 2.45) is 4.99 Å². The summed E-state index contributed by atoms with van der Waals surface area (Å²) >= 11 is 0. The second-order valence-corrected chi connectivity index (χ2v) is 6.35. The normalized spacial score (nSPS) is 11.0. The molecular formula is C21H29F2IN4O4. The predicted octanol–water partition coefficient (Wildman–Crippen LogP) is 3.77. The average molecular weight is 566 g/mol. The van der Waals surface area contributed by atoms with Gasteiger partial charge >= 0.3 is 6.61 Å². The van der Waals surface area contributed by atoms with Crippen LogP contribution in [0.5, 0.6) is 11.5 Å². The van der Waals surface area contributed by atoms with Crippen molar-refractivity contribution in [2.75, 3.05) is 26.2 Å². The number of furan rings is 1. The van der Waals surface area contributed by atoms with Crippen molar-refractivity contribution in [1.29, 1.82) is 0 Å². The number of hydrogen-bond acceptors (Lipinski definition) is 5. The van der Waals surface area contributed by atoms with Crippen LogP contribution in [0.3, 0.4) is 0 Å². The van der Waals surface area contributed by atoms with Gasteiger partial charge in [-0.15, -0.1) is 24.0 Å². The van der Waals surface area contributed by atoms with Crippen molar-refractivity contribution < 1.29 is 27.5 Å². The van der Waals surface area contributed by atoms with E-state index in [9.17, 15) is 13.6 Å². The Hall–Kier alpha value is -2.57. The van der Waals surface area contributed by atoms with E-state index < -0.39 is 6.61 Å². The third-order valence-electron chi connectivity index (χ3n) is 3.93. The Morgan fingerprint density at radius 2 is 1.94 bits per heavy atom. The lowest BCUT2D eigenvalue weighted by Crippen LogP contribution is -2.41. The smallest absolute Gasteiger partial charge is 0.387 e. The van der Waals surface area contributed by atoms with Crippen LogP contribution in [0.2, 0.25) is 0 Å². The lowest BCUT2D eigenvalue weighted by atomic mass is 10.2. The lowest BCUT2D eigenvalue weighted by molar-refractivity contribution is -0.0505. The third-order valence-corrected chi connectivity index (χ3v) is 3.93. The van der Waals surface area contributed by atoms with Crippen LogP contribution < -0.4 is 25.4 Å². The molecule has 0 aliphatic heterocycles. The number of halogens is 3. The molecule has 178 valence electrons. The zero-order chi connectivity index (χ0) is 22.5. The van der Waals surface area contributed by atoms with Gasteiger partial charge in [0, 0.05) is 31.3 Å². The van der Waals surface area contributed by atoms with Crippen LogP contribution in [-0.4, -0.2) is 44.7 Å². The van der Waals surface area contributed by atoms with Crippen molar-refractivity contribution in [2.45, 2.75) is 33.4 Å². The molecule has 1 amide bonds. The molecule has 2 rings (SSSR count). The van der Waals surface area contributed by atoms with Gasteiger partial charge in [0.25, 0.3) is 5.91 Å². The highest BCUT2D eigenvalue weighted by atomic mass is 127. The monoisotopic (exact) mass is 566 g/mol. The highest BCUT2D eigenvalue weighted by Crippen LogP contribution is 2.27. The van der Waals surface area contributed by atoms with Gasteiger partial charge in [-0.2, -0.15) is 8.78 Å². The number of carbonyl (C=O) groups is 1. The van der Waals surface area contributed by atoms with Crippen LogP contribution in [0.15, 0.2) is 46.0 Å². The van der Waals surface area contributed by atoms with Gasteiger partial charge in [0.1, 0.15) is 11.5 Å². The van der Waals surface area contributed by atoms with Crippen molar-refractivity contribution >= 4 is 35.8 Å². The summed E-state index contributed by atoms with van der Waals surface area (Å²) in [5.41, 5.74) is 0.493. The highest BCUT2D eigenvalue weighted by Gasteiger charge is 2.12. The number of benzene rings is 1. The summed E-state index contributed by atoms with van der Waals surface area (Å²) in [7, 11) is 0. The molecular weight excluding hydrogens is 537 g/mol. The molecule has 0 saturated heterocycles. The minimum absolute atomic E-state index is 0. The molecule has 0 saturated carbocycles.